The van der Waals surface area contributed by atoms with Gasteiger partial charge in [-0.05, 0) is 34.9 Å². The maximum absolute atomic E-state index is 13.0. The van der Waals surface area contributed by atoms with Crippen LogP contribution in [0.1, 0.15) is 27.0 Å². The number of imidazole rings is 1. The normalized spacial score (nSPS) is 11.0. The first-order valence-electron chi connectivity index (χ1n) is 10.6. The number of oxazole rings is 1. The van der Waals surface area contributed by atoms with Gasteiger partial charge >= 0.3 is 0 Å². The van der Waals surface area contributed by atoms with Gasteiger partial charge in [-0.15, -0.1) is 0 Å². The zero-order chi connectivity index (χ0) is 22.5. The summed E-state index contributed by atoms with van der Waals surface area (Å²) in [4.78, 5) is 21.7. The number of thioether (sulfide) groups is 1. The van der Waals surface area contributed by atoms with Crippen molar-refractivity contribution in [3.8, 4) is 0 Å². The third kappa shape index (κ3) is 4.99. The average Bonchev–Trinajstić information content (AvgIpc) is 3.51. The van der Waals surface area contributed by atoms with Crippen molar-refractivity contribution in [2.24, 2.45) is 0 Å². The van der Waals surface area contributed by atoms with Crippen molar-refractivity contribution in [2.45, 2.75) is 24.1 Å². The van der Waals surface area contributed by atoms with Gasteiger partial charge in [0.05, 0.1) is 6.33 Å². The smallest absolute Gasteiger partial charge is 0.257 e. The van der Waals surface area contributed by atoms with Gasteiger partial charge in [-0.1, -0.05) is 66.4 Å². The standard InChI is InChI=1S/C26H22N4O2S/c31-25(28-15-19-7-1-2-8-20(19)16-30-14-13-27-18-30)22-10-4-3-9-21(22)17-33-26-29-23-11-5-6-12-24(23)32-26/h1-14,18H,15-17H2,(H,28,31). The molecule has 5 rings (SSSR count). The molecule has 1 amide bonds. The van der Waals surface area contributed by atoms with E-state index in [9.17, 15) is 4.79 Å². The number of fused-ring (bicyclic) bond motifs is 1. The fourth-order valence-electron chi connectivity index (χ4n) is 3.65. The molecule has 0 aliphatic carbocycles. The van der Waals surface area contributed by atoms with Crippen LogP contribution >= 0.6 is 11.8 Å². The SMILES string of the molecule is O=C(NCc1ccccc1Cn1ccnc1)c1ccccc1CSc1nc2ccccc2o1. The van der Waals surface area contributed by atoms with Crippen molar-refractivity contribution in [1.29, 1.82) is 0 Å². The van der Waals surface area contributed by atoms with Crippen molar-refractivity contribution in [2.75, 3.05) is 0 Å². The molecule has 0 aliphatic rings. The molecule has 0 saturated heterocycles. The van der Waals surface area contributed by atoms with E-state index in [0.29, 0.717) is 29.6 Å². The van der Waals surface area contributed by atoms with Crippen molar-refractivity contribution in [1.82, 2.24) is 19.9 Å². The molecule has 0 atom stereocenters. The van der Waals surface area contributed by atoms with Gasteiger partial charge in [0.25, 0.3) is 11.1 Å². The summed E-state index contributed by atoms with van der Waals surface area (Å²) >= 11 is 1.48. The summed E-state index contributed by atoms with van der Waals surface area (Å²) in [5.74, 6) is 0.495. The zero-order valence-corrected chi connectivity index (χ0v) is 18.7. The molecular formula is C26H22N4O2S. The van der Waals surface area contributed by atoms with Crippen LogP contribution in [0.25, 0.3) is 11.1 Å². The fraction of sp³-hybridized carbons (Fsp3) is 0.115. The minimum atomic E-state index is -0.0961. The second-order valence-electron chi connectivity index (χ2n) is 7.58. The Morgan fingerprint density at radius 2 is 1.70 bits per heavy atom. The summed E-state index contributed by atoms with van der Waals surface area (Å²) in [6.45, 7) is 1.17. The number of amides is 1. The highest BCUT2D eigenvalue weighted by atomic mass is 32.2. The summed E-state index contributed by atoms with van der Waals surface area (Å²) in [6, 6.07) is 23.5. The van der Waals surface area contributed by atoms with Gasteiger partial charge in [-0.2, -0.15) is 0 Å². The number of carbonyl (C=O) groups is 1. The molecule has 0 bridgehead atoms. The van der Waals surface area contributed by atoms with Gasteiger partial charge in [0.15, 0.2) is 5.58 Å². The zero-order valence-electron chi connectivity index (χ0n) is 17.8. The largest absolute Gasteiger partial charge is 0.431 e. The minimum absolute atomic E-state index is 0.0961. The van der Waals surface area contributed by atoms with Crippen molar-refractivity contribution >= 4 is 28.8 Å². The lowest BCUT2D eigenvalue weighted by atomic mass is 10.1. The van der Waals surface area contributed by atoms with Crippen LogP contribution in [-0.2, 0) is 18.8 Å². The molecule has 0 spiro atoms. The van der Waals surface area contributed by atoms with Gasteiger partial charge < -0.3 is 14.3 Å². The highest BCUT2D eigenvalue weighted by molar-refractivity contribution is 7.98. The summed E-state index contributed by atoms with van der Waals surface area (Å²) in [7, 11) is 0. The first-order chi connectivity index (χ1) is 16.3. The Morgan fingerprint density at radius 1 is 0.939 bits per heavy atom. The third-order valence-corrected chi connectivity index (χ3v) is 6.23. The second-order valence-corrected chi connectivity index (χ2v) is 8.51. The molecule has 2 heterocycles. The van der Waals surface area contributed by atoms with E-state index >= 15 is 0 Å². The fourth-order valence-corrected chi connectivity index (χ4v) is 4.49. The van der Waals surface area contributed by atoms with E-state index in [2.05, 4.69) is 21.4 Å². The highest BCUT2D eigenvalue weighted by Crippen LogP contribution is 2.27. The van der Waals surface area contributed by atoms with Gasteiger partial charge in [-0.25, -0.2) is 9.97 Å². The molecule has 7 heteroatoms. The van der Waals surface area contributed by atoms with Crippen LogP contribution in [-0.4, -0.2) is 20.4 Å². The topological polar surface area (TPSA) is 73.0 Å². The second kappa shape index (κ2) is 9.75. The van der Waals surface area contributed by atoms with E-state index in [1.807, 2.05) is 77.5 Å². The maximum atomic E-state index is 13.0. The lowest BCUT2D eigenvalue weighted by Gasteiger charge is -2.13. The summed E-state index contributed by atoms with van der Waals surface area (Å²) in [5.41, 5.74) is 5.43. The van der Waals surface area contributed by atoms with Crippen molar-refractivity contribution in [3.63, 3.8) is 0 Å². The van der Waals surface area contributed by atoms with Crippen LogP contribution in [0.2, 0.25) is 0 Å². The van der Waals surface area contributed by atoms with E-state index in [1.165, 1.54) is 11.8 Å². The van der Waals surface area contributed by atoms with E-state index in [1.54, 1.807) is 12.5 Å². The maximum Gasteiger partial charge on any atom is 0.257 e. The van der Waals surface area contributed by atoms with Crippen molar-refractivity contribution in [3.05, 3.63) is 114 Å². The van der Waals surface area contributed by atoms with E-state index < -0.39 is 0 Å². The summed E-state index contributed by atoms with van der Waals surface area (Å²) in [6.07, 6.45) is 5.49. The molecule has 0 radical (unpaired) electrons. The first-order valence-corrected chi connectivity index (χ1v) is 11.6. The number of hydrogen-bond donors (Lipinski definition) is 1. The molecule has 33 heavy (non-hydrogen) atoms. The Morgan fingerprint density at radius 3 is 2.52 bits per heavy atom. The number of carbonyl (C=O) groups excluding carboxylic acids is 1. The number of aromatic nitrogens is 3. The predicted molar refractivity (Wildman–Crippen MR) is 129 cm³/mol. The number of nitrogens with one attached hydrogen (secondary N) is 1. The Labute approximate surface area is 195 Å². The number of benzene rings is 3. The molecule has 6 nitrogen and oxygen atoms in total. The molecule has 0 fully saturated rings. The Kier molecular flexibility index (Phi) is 6.21. The highest BCUT2D eigenvalue weighted by Gasteiger charge is 2.14. The molecule has 5 aromatic rings. The number of para-hydroxylation sites is 2. The molecule has 0 aliphatic heterocycles. The van der Waals surface area contributed by atoms with Crippen LogP contribution in [0.3, 0.4) is 0 Å². The van der Waals surface area contributed by atoms with Crippen LogP contribution in [0, 0.1) is 0 Å². The lowest BCUT2D eigenvalue weighted by molar-refractivity contribution is 0.0950. The van der Waals surface area contributed by atoms with Gasteiger partial charge in [-0.3, -0.25) is 4.79 Å². The van der Waals surface area contributed by atoms with Crippen molar-refractivity contribution < 1.29 is 9.21 Å². The molecular weight excluding hydrogens is 432 g/mol. The molecule has 3 aromatic carbocycles. The molecule has 2 aromatic heterocycles. The van der Waals surface area contributed by atoms with E-state index in [-0.39, 0.29) is 5.91 Å². The average molecular weight is 455 g/mol. The predicted octanol–water partition coefficient (Wildman–Crippen LogP) is 5.29. The summed E-state index contributed by atoms with van der Waals surface area (Å²) < 4.78 is 7.81. The van der Waals surface area contributed by atoms with Crippen LogP contribution < -0.4 is 5.32 Å². The molecule has 164 valence electrons. The Balaban J connectivity index is 1.26. The third-order valence-electron chi connectivity index (χ3n) is 5.36. The molecule has 1 N–H and O–H groups in total. The van der Waals surface area contributed by atoms with Gasteiger partial charge in [0.2, 0.25) is 0 Å². The van der Waals surface area contributed by atoms with Crippen LogP contribution in [0.15, 0.2) is 101 Å². The first kappa shape index (κ1) is 21.0. The number of nitrogens with zero attached hydrogens (tertiary/aromatic N) is 3. The quantitative estimate of drug-likeness (QED) is 0.322. The van der Waals surface area contributed by atoms with Gasteiger partial charge in [0, 0.05) is 36.8 Å². The molecule has 0 saturated carbocycles. The minimum Gasteiger partial charge on any atom is -0.431 e. The van der Waals surface area contributed by atoms with E-state index in [4.69, 9.17) is 4.42 Å². The van der Waals surface area contributed by atoms with E-state index in [0.717, 1.165) is 27.8 Å². The molecule has 0 unspecified atom stereocenters. The number of hydrogen-bond acceptors (Lipinski definition) is 5. The van der Waals surface area contributed by atoms with Crippen LogP contribution in [0.4, 0.5) is 0 Å². The monoisotopic (exact) mass is 454 g/mol. The summed E-state index contributed by atoms with van der Waals surface area (Å²) in [5, 5.41) is 3.68. The van der Waals surface area contributed by atoms with Crippen LogP contribution in [0.5, 0.6) is 0 Å². The Hall–Kier alpha value is -3.84. The Bertz CT molecular complexity index is 1350. The lowest BCUT2D eigenvalue weighted by Crippen LogP contribution is -2.24. The number of rotatable bonds is 8. The van der Waals surface area contributed by atoms with Gasteiger partial charge in [0.1, 0.15) is 5.52 Å².